The highest BCUT2D eigenvalue weighted by Crippen LogP contribution is 2.18. The highest BCUT2D eigenvalue weighted by Gasteiger charge is 2.06. The third-order valence-corrected chi connectivity index (χ3v) is 4.46. The van der Waals surface area contributed by atoms with Crippen molar-refractivity contribution in [1.29, 1.82) is 0 Å². The molecule has 2 rings (SSSR count). The van der Waals surface area contributed by atoms with E-state index < -0.39 is 0 Å². The summed E-state index contributed by atoms with van der Waals surface area (Å²) in [4.78, 5) is 16.4. The van der Waals surface area contributed by atoms with Crippen molar-refractivity contribution in [2.45, 2.75) is 24.3 Å². The van der Waals surface area contributed by atoms with E-state index in [0.29, 0.717) is 16.6 Å². The zero-order chi connectivity index (χ0) is 13.8. The van der Waals surface area contributed by atoms with E-state index in [1.807, 2.05) is 12.1 Å². The molecule has 2 aromatic heterocycles. The van der Waals surface area contributed by atoms with Gasteiger partial charge < -0.3 is 5.11 Å². The minimum atomic E-state index is -0.0725. The molecule has 102 valence electrons. The standard InChI is InChI=1S/C13H15BrN2O2S/c1-9(4-5-17)19-8-11-6-13(18)16-7-10(14)2-3-12(16)15-11/h2-3,6-7,9,17H,4-5,8H2,1H3. The van der Waals surface area contributed by atoms with E-state index >= 15 is 0 Å². The highest BCUT2D eigenvalue weighted by molar-refractivity contribution is 9.10. The number of halogens is 1. The molecule has 1 N–H and O–H groups in total. The minimum absolute atomic E-state index is 0.0725. The molecular weight excluding hydrogens is 328 g/mol. The van der Waals surface area contributed by atoms with Crippen LogP contribution in [-0.2, 0) is 5.75 Å². The van der Waals surface area contributed by atoms with Crippen molar-refractivity contribution in [1.82, 2.24) is 9.38 Å². The van der Waals surface area contributed by atoms with Gasteiger partial charge in [-0.15, -0.1) is 0 Å². The fraction of sp³-hybridized carbons (Fsp3) is 0.385. The number of hydrogen-bond acceptors (Lipinski definition) is 4. The molecule has 0 aliphatic carbocycles. The summed E-state index contributed by atoms with van der Waals surface area (Å²) in [7, 11) is 0. The number of nitrogens with zero attached hydrogens (tertiary/aromatic N) is 2. The quantitative estimate of drug-likeness (QED) is 0.906. The van der Waals surface area contributed by atoms with Gasteiger partial charge in [0, 0.05) is 34.3 Å². The fourth-order valence-corrected chi connectivity index (χ4v) is 2.90. The van der Waals surface area contributed by atoms with Gasteiger partial charge in [0.25, 0.3) is 5.56 Å². The summed E-state index contributed by atoms with van der Waals surface area (Å²) in [5, 5.41) is 9.22. The molecule has 4 nitrogen and oxygen atoms in total. The van der Waals surface area contributed by atoms with Crippen LogP contribution < -0.4 is 5.56 Å². The molecular formula is C13H15BrN2O2S. The van der Waals surface area contributed by atoms with Gasteiger partial charge in [0.2, 0.25) is 0 Å². The van der Waals surface area contributed by atoms with Gasteiger partial charge in [-0.2, -0.15) is 11.8 Å². The van der Waals surface area contributed by atoms with Gasteiger partial charge in [0.1, 0.15) is 5.65 Å². The van der Waals surface area contributed by atoms with Crippen LogP contribution in [0, 0.1) is 0 Å². The van der Waals surface area contributed by atoms with Crippen LogP contribution in [0.5, 0.6) is 0 Å². The van der Waals surface area contributed by atoms with Crippen LogP contribution in [0.2, 0.25) is 0 Å². The second kappa shape index (κ2) is 6.54. The maximum Gasteiger partial charge on any atom is 0.258 e. The lowest BCUT2D eigenvalue weighted by molar-refractivity contribution is 0.289. The van der Waals surface area contributed by atoms with Gasteiger partial charge in [0.05, 0.1) is 5.69 Å². The van der Waals surface area contributed by atoms with Crippen molar-refractivity contribution in [2.75, 3.05) is 6.61 Å². The van der Waals surface area contributed by atoms with Crippen molar-refractivity contribution in [2.24, 2.45) is 0 Å². The molecule has 0 aromatic carbocycles. The molecule has 1 unspecified atom stereocenters. The van der Waals surface area contributed by atoms with Gasteiger partial charge in [-0.1, -0.05) is 6.92 Å². The maximum atomic E-state index is 12.0. The predicted molar refractivity (Wildman–Crippen MR) is 81.6 cm³/mol. The molecule has 0 bridgehead atoms. The van der Waals surface area contributed by atoms with Crippen LogP contribution in [0.25, 0.3) is 5.65 Å². The number of fused-ring (bicyclic) bond motifs is 1. The first-order chi connectivity index (χ1) is 9.10. The van der Waals surface area contributed by atoms with Crippen molar-refractivity contribution in [3.8, 4) is 0 Å². The molecule has 0 radical (unpaired) electrons. The zero-order valence-corrected chi connectivity index (χ0v) is 12.9. The number of aromatic nitrogens is 2. The number of hydrogen-bond donors (Lipinski definition) is 1. The Hall–Kier alpha value is -0.850. The molecule has 19 heavy (non-hydrogen) atoms. The van der Waals surface area contributed by atoms with E-state index in [2.05, 4.69) is 27.8 Å². The highest BCUT2D eigenvalue weighted by atomic mass is 79.9. The second-order valence-corrected chi connectivity index (χ2v) is 6.64. The van der Waals surface area contributed by atoms with Crippen LogP contribution >= 0.6 is 27.7 Å². The molecule has 0 saturated heterocycles. The molecule has 6 heteroatoms. The maximum absolute atomic E-state index is 12.0. The van der Waals surface area contributed by atoms with E-state index in [1.54, 1.807) is 24.0 Å². The number of aliphatic hydroxyl groups is 1. The fourth-order valence-electron chi connectivity index (χ4n) is 1.69. The van der Waals surface area contributed by atoms with Crippen LogP contribution in [0.4, 0.5) is 0 Å². The summed E-state index contributed by atoms with van der Waals surface area (Å²) >= 11 is 5.03. The third kappa shape index (κ3) is 3.81. The third-order valence-electron chi connectivity index (χ3n) is 2.73. The SMILES string of the molecule is CC(CCO)SCc1cc(=O)n2cc(Br)ccc2n1. The van der Waals surface area contributed by atoms with Gasteiger partial charge >= 0.3 is 0 Å². The van der Waals surface area contributed by atoms with E-state index in [9.17, 15) is 4.79 Å². The second-order valence-electron chi connectivity index (χ2n) is 4.30. The Morgan fingerprint density at radius 1 is 1.53 bits per heavy atom. The lowest BCUT2D eigenvalue weighted by atomic mass is 10.3. The van der Waals surface area contributed by atoms with Crippen LogP contribution in [-0.4, -0.2) is 26.3 Å². The molecule has 0 saturated carbocycles. The van der Waals surface area contributed by atoms with Gasteiger partial charge in [-0.25, -0.2) is 4.98 Å². The van der Waals surface area contributed by atoms with E-state index in [0.717, 1.165) is 16.6 Å². The number of pyridine rings is 1. The molecule has 0 aliphatic heterocycles. The molecule has 0 aliphatic rings. The Kier molecular flexibility index (Phi) is 5.01. The number of aliphatic hydroxyl groups excluding tert-OH is 1. The largest absolute Gasteiger partial charge is 0.396 e. The van der Waals surface area contributed by atoms with Crippen LogP contribution in [0.15, 0.2) is 33.7 Å². The molecule has 0 spiro atoms. The Morgan fingerprint density at radius 2 is 2.32 bits per heavy atom. The lowest BCUT2D eigenvalue weighted by Crippen LogP contribution is -2.15. The Bertz CT molecular complexity index is 630. The number of rotatable bonds is 5. The summed E-state index contributed by atoms with van der Waals surface area (Å²) in [6, 6.07) is 5.25. The molecule has 0 fully saturated rings. The van der Waals surface area contributed by atoms with E-state index in [-0.39, 0.29) is 12.2 Å². The van der Waals surface area contributed by atoms with Crippen molar-refractivity contribution < 1.29 is 5.11 Å². The first-order valence-corrected chi connectivity index (χ1v) is 7.84. The molecule has 2 aromatic rings. The van der Waals surface area contributed by atoms with E-state index in [1.165, 1.54) is 4.40 Å². The Morgan fingerprint density at radius 3 is 3.05 bits per heavy atom. The van der Waals surface area contributed by atoms with Crippen molar-refractivity contribution >= 4 is 33.3 Å². The van der Waals surface area contributed by atoms with Gasteiger partial charge in [0.15, 0.2) is 0 Å². The van der Waals surface area contributed by atoms with Crippen molar-refractivity contribution in [3.63, 3.8) is 0 Å². The van der Waals surface area contributed by atoms with Crippen LogP contribution in [0.1, 0.15) is 19.0 Å². The topological polar surface area (TPSA) is 54.6 Å². The average Bonchev–Trinajstić information content (AvgIpc) is 2.38. The molecule has 2 heterocycles. The lowest BCUT2D eigenvalue weighted by Gasteiger charge is -2.09. The van der Waals surface area contributed by atoms with Crippen LogP contribution in [0.3, 0.4) is 0 Å². The summed E-state index contributed by atoms with van der Waals surface area (Å²) < 4.78 is 2.37. The summed E-state index contributed by atoms with van der Waals surface area (Å²) in [5.74, 6) is 0.684. The Labute approximate surface area is 124 Å². The number of thioether (sulfide) groups is 1. The van der Waals surface area contributed by atoms with Gasteiger partial charge in [-0.3, -0.25) is 9.20 Å². The average molecular weight is 343 g/mol. The van der Waals surface area contributed by atoms with Gasteiger partial charge in [-0.05, 0) is 34.5 Å². The summed E-state index contributed by atoms with van der Waals surface area (Å²) in [6.45, 7) is 2.25. The molecule has 1 atom stereocenters. The Balaban J connectivity index is 2.21. The minimum Gasteiger partial charge on any atom is -0.396 e. The van der Waals surface area contributed by atoms with Crippen molar-refractivity contribution in [3.05, 3.63) is 44.9 Å². The smallest absolute Gasteiger partial charge is 0.258 e. The molecule has 0 amide bonds. The predicted octanol–water partition coefficient (Wildman–Crippen LogP) is 2.46. The monoisotopic (exact) mass is 342 g/mol. The summed E-state index contributed by atoms with van der Waals surface area (Å²) in [5.41, 5.74) is 1.36. The first-order valence-electron chi connectivity index (χ1n) is 6.00. The first kappa shape index (κ1) is 14.6. The summed E-state index contributed by atoms with van der Waals surface area (Å²) in [6.07, 6.45) is 2.47. The van der Waals surface area contributed by atoms with E-state index in [4.69, 9.17) is 5.11 Å². The zero-order valence-electron chi connectivity index (χ0n) is 10.5. The normalized spacial score (nSPS) is 12.8.